The van der Waals surface area contributed by atoms with Crippen LogP contribution in [0.2, 0.25) is 0 Å². The summed E-state index contributed by atoms with van der Waals surface area (Å²) >= 11 is 0. The summed E-state index contributed by atoms with van der Waals surface area (Å²) in [6.45, 7) is 2.28. The van der Waals surface area contributed by atoms with Crippen LogP contribution < -0.4 is 4.90 Å². The first-order valence-electron chi connectivity index (χ1n) is 9.66. The molecule has 0 unspecified atom stereocenters. The SMILES string of the molecule is O=C(c1cc2ccccc2[nH]1)N1CCN(c2ncnc3[nH]ccc23)CC12CC2. The molecule has 4 aromatic rings. The molecule has 1 aliphatic carbocycles. The van der Waals surface area contributed by atoms with Gasteiger partial charge in [0, 0.05) is 36.7 Å². The molecular weight excluding hydrogens is 352 g/mol. The molecule has 0 radical (unpaired) electrons. The topological polar surface area (TPSA) is 80.9 Å². The van der Waals surface area contributed by atoms with Crippen molar-refractivity contribution in [1.29, 1.82) is 0 Å². The number of rotatable bonds is 2. The van der Waals surface area contributed by atoms with Gasteiger partial charge in [0.15, 0.2) is 0 Å². The van der Waals surface area contributed by atoms with Crippen LogP contribution in [0.3, 0.4) is 0 Å². The number of aromatic nitrogens is 4. The van der Waals surface area contributed by atoms with Gasteiger partial charge in [0.1, 0.15) is 23.5 Å². The number of hydrogen-bond acceptors (Lipinski definition) is 4. The van der Waals surface area contributed by atoms with Gasteiger partial charge in [-0.05, 0) is 31.0 Å². The van der Waals surface area contributed by atoms with Crippen LogP contribution in [-0.4, -0.2) is 55.9 Å². The number of fused-ring (bicyclic) bond motifs is 2. The minimum Gasteiger partial charge on any atom is -0.352 e. The second-order valence-electron chi connectivity index (χ2n) is 7.81. The highest BCUT2D eigenvalue weighted by Crippen LogP contribution is 2.46. The molecule has 1 spiro atoms. The highest BCUT2D eigenvalue weighted by molar-refractivity contribution is 5.99. The zero-order valence-electron chi connectivity index (χ0n) is 15.4. The third-order valence-corrected chi connectivity index (χ3v) is 6.12. The van der Waals surface area contributed by atoms with E-state index in [9.17, 15) is 4.79 Å². The lowest BCUT2D eigenvalue weighted by Crippen LogP contribution is -2.57. The minimum absolute atomic E-state index is 0.0831. The van der Waals surface area contributed by atoms with Crippen molar-refractivity contribution in [2.45, 2.75) is 18.4 Å². The molecule has 4 heterocycles. The molecule has 28 heavy (non-hydrogen) atoms. The predicted octanol–water partition coefficient (Wildman–Crippen LogP) is 2.93. The Labute approximate surface area is 161 Å². The molecule has 1 aromatic carbocycles. The number of nitrogens with zero attached hydrogens (tertiary/aromatic N) is 4. The van der Waals surface area contributed by atoms with E-state index < -0.39 is 0 Å². The number of piperazine rings is 1. The molecule has 1 amide bonds. The maximum atomic E-state index is 13.3. The molecule has 2 N–H and O–H groups in total. The van der Waals surface area contributed by atoms with Crippen LogP contribution >= 0.6 is 0 Å². The maximum Gasteiger partial charge on any atom is 0.270 e. The highest BCUT2D eigenvalue weighted by Gasteiger charge is 2.53. The van der Waals surface area contributed by atoms with E-state index in [1.807, 2.05) is 42.6 Å². The van der Waals surface area contributed by atoms with Gasteiger partial charge in [0.05, 0.1) is 10.9 Å². The van der Waals surface area contributed by atoms with E-state index in [1.54, 1.807) is 6.33 Å². The van der Waals surface area contributed by atoms with Gasteiger partial charge >= 0.3 is 0 Å². The highest BCUT2D eigenvalue weighted by atomic mass is 16.2. The first-order chi connectivity index (χ1) is 13.7. The Bertz CT molecular complexity index is 1170. The van der Waals surface area contributed by atoms with Crippen molar-refractivity contribution >= 4 is 33.7 Å². The smallest absolute Gasteiger partial charge is 0.270 e. The summed E-state index contributed by atoms with van der Waals surface area (Å²) in [5.41, 5.74) is 2.45. The number of aromatic amines is 2. The number of anilines is 1. The fourth-order valence-corrected chi connectivity index (χ4v) is 4.49. The van der Waals surface area contributed by atoms with Crippen molar-refractivity contribution < 1.29 is 4.79 Å². The summed E-state index contributed by atoms with van der Waals surface area (Å²) < 4.78 is 0. The molecule has 0 bridgehead atoms. The first-order valence-corrected chi connectivity index (χ1v) is 9.66. The normalized spacial score (nSPS) is 18.3. The number of para-hydroxylation sites is 1. The molecule has 2 aliphatic rings. The molecule has 0 atom stereocenters. The monoisotopic (exact) mass is 372 g/mol. The van der Waals surface area contributed by atoms with E-state index in [2.05, 4.69) is 29.7 Å². The van der Waals surface area contributed by atoms with E-state index in [-0.39, 0.29) is 11.4 Å². The fourth-order valence-electron chi connectivity index (χ4n) is 4.49. The Balaban J connectivity index is 1.30. The van der Waals surface area contributed by atoms with Crippen LogP contribution in [0.15, 0.2) is 48.9 Å². The third-order valence-electron chi connectivity index (χ3n) is 6.12. The summed E-state index contributed by atoms with van der Waals surface area (Å²) in [7, 11) is 0. The van der Waals surface area contributed by atoms with Crippen LogP contribution in [0.5, 0.6) is 0 Å². The van der Waals surface area contributed by atoms with Crippen molar-refractivity contribution in [3.05, 3.63) is 54.6 Å². The molecule has 1 saturated carbocycles. The quantitative estimate of drug-likeness (QED) is 0.567. The average Bonchev–Trinajstić information content (AvgIpc) is 3.16. The minimum atomic E-state index is -0.0831. The fraction of sp³-hybridized carbons (Fsp3) is 0.286. The zero-order valence-corrected chi connectivity index (χ0v) is 15.4. The van der Waals surface area contributed by atoms with Crippen LogP contribution in [0.25, 0.3) is 21.9 Å². The van der Waals surface area contributed by atoms with Gasteiger partial charge in [0.25, 0.3) is 5.91 Å². The summed E-state index contributed by atoms with van der Waals surface area (Å²) in [5.74, 6) is 1.05. The summed E-state index contributed by atoms with van der Waals surface area (Å²) in [4.78, 5) is 32.9. The van der Waals surface area contributed by atoms with Gasteiger partial charge in [0.2, 0.25) is 0 Å². The van der Waals surface area contributed by atoms with Gasteiger partial charge in [-0.15, -0.1) is 0 Å². The van der Waals surface area contributed by atoms with Crippen molar-refractivity contribution in [3.8, 4) is 0 Å². The van der Waals surface area contributed by atoms with Gasteiger partial charge < -0.3 is 19.8 Å². The van der Waals surface area contributed by atoms with E-state index in [1.165, 1.54) is 0 Å². The summed E-state index contributed by atoms with van der Waals surface area (Å²) in [5, 5.41) is 2.11. The Morgan fingerprint density at radius 3 is 2.86 bits per heavy atom. The number of amides is 1. The average molecular weight is 372 g/mol. The number of carbonyl (C=O) groups is 1. The molecule has 1 saturated heterocycles. The molecule has 2 fully saturated rings. The predicted molar refractivity (Wildman–Crippen MR) is 107 cm³/mol. The Kier molecular flexibility index (Phi) is 3.12. The lowest BCUT2D eigenvalue weighted by Gasteiger charge is -2.42. The summed E-state index contributed by atoms with van der Waals surface area (Å²) in [6.07, 6.45) is 5.58. The second-order valence-corrected chi connectivity index (χ2v) is 7.81. The van der Waals surface area contributed by atoms with Crippen molar-refractivity contribution in [2.24, 2.45) is 0 Å². The van der Waals surface area contributed by atoms with E-state index in [4.69, 9.17) is 0 Å². The van der Waals surface area contributed by atoms with Crippen LogP contribution in [-0.2, 0) is 0 Å². The number of H-pyrrole nitrogens is 2. The standard InChI is InChI=1S/C21H20N6O/c28-20(17-11-14-3-1-2-4-16(14)25-17)27-10-9-26(12-21(27)6-7-21)19-15-5-8-22-18(15)23-13-24-19/h1-5,8,11,13,25H,6-7,9-10,12H2,(H,22,23,24). The Morgan fingerprint density at radius 2 is 2.00 bits per heavy atom. The molecular formula is C21H20N6O. The Morgan fingerprint density at radius 1 is 1.11 bits per heavy atom. The number of benzene rings is 1. The number of nitrogens with one attached hydrogen (secondary N) is 2. The number of carbonyl (C=O) groups excluding carboxylic acids is 1. The van der Waals surface area contributed by atoms with Crippen LogP contribution in [0, 0.1) is 0 Å². The van der Waals surface area contributed by atoms with E-state index in [0.717, 1.165) is 53.7 Å². The van der Waals surface area contributed by atoms with Gasteiger partial charge in [-0.2, -0.15) is 0 Å². The van der Waals surface area contributed by atoms with Crippen LogP contribution in [0.1, 0.15) is 23.3 Å². The maximum absolute atomic E-state index is 13.3. The molecule has 6 rings (SSSR count). The second kappa shape index (κ2) is 5.58. The lowest BCUT2D eigenvalue weighted by atomic mass is 10.1. The van der Waals surface area contributed by atoms with Crippen molar-refractivity contribution in [3.63, 3.8) is 0 Å². The first kappa shape index (κ1) is 15.7. The van der Waals surface area contributed by atoms with E-state index >= 15 is 0 Å². The van der Waals surface area contributed by atoms with Crippen molar-refractivity contribution in [1.82, 2.24) is 24.8 Å². The van der Waals surface area contributed by atoms with Crippen LogP contribution in [0.4, 0.5) is 5.82 Å². The summed E-state index contributed by atoms with van der Waals surface area (Å²) in [6, 6.07) is 12.0. The third kappa shape index (κ3) is 2.25. The Hall–Kier alpha value is -3.35. The van der Waals surface area contributed by atoms with Gasteiger partial charge in [-0.1, -0.05) is 18.2 Å². The zero-order chi connectivity index (χ0) is 18.7. The molecule has 3 aromatic heterocycles. The van der Waals surface area contributed by atoms with Gasteiger partial charge in [-0.3, -0.25) is 4.79 Å². The number of hydrogen-bond donors (Lipinski definition) is 2. The molecule has 7 nitrogen and oxygen atoms in total. The lowest BCUT2D eigenvalue weighted by molar-refractivity contribution is 0.0619. The molecule has 1 aliphatic heterocycles. The van der Waals surface area contributed by atoms with Gasteiger partial charge in [-0.25, -0.2) is 9.97 Å². The molecule has 140 valence electrons. The van der Waals surface area contributed by atoms with E-state index in [0.29, 0.717) is 12.2 Å². The van der Waals surface area contributed by atoms with Crippen molar-refractivity contribution in [2.75, 3.05) is 24.5 Å². The molecule has 7 heteroatoms. The largest absolute Gasteiger partial charge is 0.352 e.